The number of hydrogen-bond acceptors (Lipinski definition) is 2. The summed E-state index contributed by atoms with van der Waals surface area (Å²) in [6.45, 7) is 3.79. The highest BCUT2D eigenvalue weighted by atomic mass is 35.5. The smallest absolute Gasteiger partial charge is 0.222 e. The van der Waals surface area contributed by atoms with Gasteiger partial charge in [0.1, 0.15) is 0 Å². The van der Waals surface area contributed by atoms with Crippen LogP contribution in [0.25, 0.3) is 0 Å². The van der Waals surface area contributed by atoms with Gasteiger partial charge < -0.3 is 11.1 Å². The molecule has 3 N–H and O–H groups in total. The van der Waals surface area contributed by atoms with E-state index in [1.54, 1.807) is 0 Å². The summed E-state index contributed by atoms with van der Waals surface area (Å²) in [4.78, 5) is 11.4. The number of amides is 1. The van der Waals surface area contributed by atoms with Crippen LogP contribution in [0.3, 0.4) is 0 Å². The molecule has 0 aliphatic carbocycles. The molecule has 0 aliphatic rings. The Bertz CT molecular complexity index is 314. The fourth-order valence-corrected chi connectivity index (χ4v) is 1.42. The zero-order valence-electron chi connectivity index (χ0n) is 9.64. The first-order valence-corrected chi connectivity index (χ1v) is 5.19. The number of halogens is 1. The largest absolute Gasteiger partial charge is 0.350 e. The van der Waals surface area contributed by atoms with Gasteiger partial charge in [-0.2, -0.15) is 0 Å². The molecule has 0 radical (unpaired) electrons. The van der Waals surface area contributed by atoms with Crippen molar-refractivity contribution >= 4 is 18.3 Å². The van der Waals surface area contributed by atoms with E-state index in [1.165, 1.54) is 0 Å². The van der Waals surface area contributed by atoms with E-state index in [4.69, 9.17) is 5.73 Å². The zero-order chi connectivity index (χ0) is 11.3. The molecular weight excluding hydrogens is 224 g/mol. The highest BCUT2D eigenvalue weighted by Crippen LogP contribution is 2.11. The Morgan fingerprint density at radius 2 is 1.88 bits per heavy atom. The predicted molar refractivity (Wildman–Crippen MR) is 68.5 cm³/mol. The van der Waals surface area contributed by atoms with Crippen LogP contribution in [0.1, 0.15) is 31.9 Å². The second-order valence-corrected chi connectivity index (χ2v) is 3.88. The van der Waals surface area contributed by atoms with Crippen molar-refractivity contribution in [2.45, 2.75) is 32.4 Å². The van der Waals surface area contributed by atoms with Gasteiger partial charge in [-0.15, -0.1) is 12.4 Å². The highest BCUT2D eigenvalue weighted by Gasteiger charge is 2.10. The molecule has 90 valence electrons. The normalized spacial score (nSPS) is 13.4. The van der Waals surface area contributed by atoms with E-state index in [-0.39, 0.29) is 30.4 Å². The molecule has 2 atom stereocenters. The molecular formula is C12H19ClN2O. The summed E-state index contributed by atoms with van der Waals surface area (Å²) < 4.78 is 0. The lowest BCUT2D eigenvalue weighted by molar-refractivity contribution is -0.122. The maximum atomic E-state index is 11.4. The minimum absolute atomic E-state index is 0. The number of carbonyl (C=O) groups is 1. The van der Waals surface area contributed by atoms with Crippen molar-refractivity contribution in [2.24, 2.45) is 5.73 Å². The number of hydrogen-bond donors (Lipinski definition) is 2. The molecule has 0 saturated heterocycles. The SMILES string of the molecule is CC(N)CC(=O)NC(C)c1ccccc1.Cl. The van der Waals surface area contributed by atoms with Gasteiger partial charge in [0.15, 0.2) is 0 Å². The third-order valence-electron chi connectivity index (χ3n) is 2.18. The van der Waals surface area contributed by atoms with Crippen LogP contribution in [0.2, 0.25) is 0 Å². The van der Waals surface area contributed by atoms with Gasteiger partial charge in [0.05, 0.1) is 6.04 Å². The number of nitrogens with two attached hydrogens (primary N) is 1. The van der Waals surface area contributed by atoms with Crippen LogP contribution in [-0.2, 0) is 4.79 Å². The Morgan fingerprint density at radius 1 is 1.31 bits per heavy atom. The van der Waals surface area contributed by atoms with Crippen LogP contribution in [0.5, 0.6) is 0 Å². The van der Waals surface area contributed by atoms with Gasteiger partial charge in [-0.1, -0.05) is 30.3 Å². The fourth-order valence-electron chi connectivity index (χ4n) is 1.42. The van der Waals surface area contributed by atoms with Crippen LogP contribution in [-0.4, -0.2) is 11.9 Å². The predicted octanol–water partition coefficient (Wildman–Crippen LogP) is 2.02. The summed E-state index contributed by atoms with van der Waals surface area (Å²) >= 11 is 0. The molecule has 4 heteroatoms. The maximum Gasteiger partial charge on any atom is 0.222 e. The van der Waals surface area contributed by atoms with E-state index < -0.39 is 0 Å². The van der Waals surface area contributed by atoms with Crippen LogP contribution in [0, 0.1) is 0 Å². The maximum absolute atomic E-state index is 11.4. The number of carbonyl (C=O) groups excluding carboxylic acids is 1. The highest BCUT2D eigenvalue weighted by molar-refractivity contribution is 5.85. The Morgan fingerprint density at radius 3 is 2.38 bits per heavy atom. The Kier molecular flexibility index (Phi) is 6.77. The van der Waals surface area contributed by atoms with E-state index in [0.717, 1.165) is 5.56 Å². The van der Waals surface area contributed by atoms with Gasteiger partial charge in [-0.05, 0) is 19.4 Å². The summed E-state index contributed by atoms with van der Waals surface area (Å²) in [7, 11) is 0. The van der Waals surface area contributed by atoms with Gasteiger partial charge >= 0.3 is 0 Å². The molecule has 0 aliphatic heterocycles. The third-order valence-corrected chi connectivity index (χ3v) is 2.18. The molecule has 0 fully saturated rings. The summed E-state index contributed by atoms with van der Waals surface area (Å²) in [5.41, 5.74) is 6.65. The van der Waals surface area contributed by atoms with Crippen molar-refractivity contribution in [3.63, 3.8) is 0 Å². The molecule has 3 nitrogen and oxygen atoms in total. The van der Waals surface area contributed by atoms with E-state index in [9.17, 15) is 4.79 Å². The Hall–Kier alpha value is -1.06. The summed E-state index contributed by atoms with van der Waals surface area (Å²) in [5.74, 6) is 0.00125. The van der Waals surface area contributed by atoms with E-state index in [2.05, 4.69) is 5.32 Å². The number of benzene rings is 1. The molecule has 16 heavy (non-hydrogen) atoms. The first-order chi connectivity index (χ1) is 7.09. The zero-order valence-corrected chi connectivity index (χ0v) is 10.5. The first kappa shape index (κ1) is 14.9. The van der Waals surface area contributed by atoms with Gasteiger partial charge in [-0.3, -0.25) is 4.79 Å². The number of nitrogens with one attached hydrogen (secondary N) is 1. The van der Waals surface area contributed by atoms with Crippen molar-refractivity contribution < 1.29 is 4.79 Å². The van der Waals surface area contributed by atoms with Gasteiger partial charge in [0.2, 0.25) is 5.91 Å². The number of rotatable bonds is 4. The van der Waals surface area contributed by atoms with Crippen molar-refractivity contribution in [3.8, 4) is 0 Å². The molecule has 0 saturated carbocycles. The average molecular weight is 243 g/mol. The average Bonchev–Trinajstić information content (AvgIpc) is 2.17. The molecule has 0 spiro atoms. The van der Waals surface area contributed by atoms with Crippen LogP contribution >= 0.6 is 12.4 Å². The van der Waals surface area contributed by atoms with Crippen LogP contribution in [0.4, 0.5) is 0 Å². The van der Waals surface area contributed by atoms with Crippen molar-refractivity contribution in [2.75, 3.05) is 0 Å². The second kappa shape index (κ2) is 7.25. The monoisotopic (exact) mass is 242 g/mol. The van der Waals surface area contributed by atoms with Gasteiger partial charge in [-0.25, -0.2) is 0 Å². The van der Waals surface area contributed by atoms with Crippen LogP contribution < -0.4 is 11.1 Å². The molecule has 1 aromatic carbocycles. The fraction of sp³-hybridized carbons (Fsp3) is 0.417. The topological polar surface area (TPSA) is 55.1 Å². The molecule has 1 rings (SSSR count). The van der Waals surface area contributed by atoms with Gasteiger partial charge in [0, 0.05) is 12.5 Å². The van der Waals surface area contributed by atoms with E-state index in [0.29, 0.717) is 6.42 Å². The summed E-state index contributed by atoms with van der Waals surface area (Å²) in [6, 6.07) is 9.83. The molecule has 1 aromatic rings. The van der Waals surface area contributed by atoms with E-state index >= 15 is 0 Å². The molecule has 1 amide bonds. The van der Waals surface area contributed by atoms with E-state index in [1.807, 2.05) is 44.2 Å². The minimum Gasteiger partial charge on any atom is -0.350 e. The lowest BCUT2D eigenvalue weighted by atomic mass is 10.1. The lowest BCUT2D eigenvalue weighted by Crippen LogP contribution is -2.31. The minimum atomic E-state index is -0.0898. The third kappa shape index (κ3) is 5.14. The Labute approximate surface area is 103 Å². The molecule has 0 heterocycles. The van der Waals surface area contributed by atoms with Crippen molar-refractivity contribution in [1.82, 2.24) is 5.32 Å². The molecule has 2 unspecified atom stereocenters. The van der Waals surface area contributed by atoms with Crippen molar-refractivity contribution in [1.29, 1.82) is 0 Å². The first-order valence-electron chi connectivity index (χ1n) is 5.19. The van der Waals surface area contributed by atoms with Crippen LogP contribution in [0.15, 0.2) is 30.3 Å². The van der Waals surface area contributed by atoms with Crippen molar-refractivity contribution in [3.05, 3.63) is 35.9 Å². The lowest BCUT2D eigenvalue weighted by Gasteiger charge is -2.15. The molecule has 0 aromatic heterocycles. The summed E-state index contributed by atoms with van der Waals surface area (Å²) in [6.07, 6.45) is 0.372. The quantitative estimate of drug-likeness (QED) is 0.849. The second-order valence-electron chi connectivity index (χ2n) is 3.88. The summed E-state index contributed by atoms with van der Waals surface area (Å²) in [5, 5.41) is 2.91. The van der Waals surface area contributed by atoms with Gasteiger partial charge in [0.25, 0.3) is 0 Å². The molecule has 0 bridgehead atoms. The standard InChI is InChI=1S/C12H18N2O.ClH/c1-9(13)8-12(15)14-10(2)11-6-4-3-5-7-11;/h3-7,9-10H,8,13H2,1-2H3,(H,14,15);1H. The Balaban J connectivity index is 0.00000225.